The quantitative estimate of drug-likeness (QED) is 0.736. The predicted octanol–water partition coefficient (Wildman–Crippen LogP) is 3.31. The Kier molecular flexibility index (Phi) is 6.55. The average molecular weight is 334 g/mol. The number of nitrogens with zero attached hydrogens (tertiary/aromatic N) is 1. The molecule has 0 saturated heterocycles. The standard InChI is InChI=1S/C17H22N2O3S/c1-12(2)8-15(17(20)21)18-9-13-11-23-16(19-13)10-22-14-6-4-3-5-7-14/h3-7,11-12,15,18H,8-10H2,1-2H3,(H,20,21)/t15-/m1/s1. The molecule has 0 aliphatic rings. The molecule has 0 aliphatic carbocycles. The van der Waals surface area contributed by atoms with Crippen LogP contribution in [0.25, 0.3) is 0 Å². The molecular formula is C17H22N2O3S. The van der Waals surface area contributed by atoms with Gasteiger partial charge in [0.25, 0.3) is 0 Å². The summed E-state index contributed by atoms with van der Waals surface area (Å²) in [7, 11) is 0. The zero-order valence-electron chi connectivity index (χ0n) is 13.4. The number of hydrogen-bond donors (Lipinski definition) is 2. The van der Waals surface area contributed by atoms with Gasteiger partial charge in [-0.1, -0.05) is 32.0 Å². The lowest BCUT2D eigenvalue weighted by atomic mass is 10.0. The van der Waals surface area contributed by atoms with Gasteiger partial charge in [0.15, 0.2) is 0 Å². The zero-order chi connectivity index (χ0) is 16.7. The Morgan fingerprint density at radius 2 is 2.09 bits per heavy atom. The first kappa shape index (κ1) is 17.4. The molecule has 6 heteroatoms. The van der Waals surface area contributed by atoms with Crippen molar-refractivity contribution in [2.24, 2.45) is 5.92 Å². The second kappa shape index (κ2) is 8.64. The van der Waals surface area contributed by atoms with Crippen molar-refractivity contribution in [3.8, 4) is 5.75 Å². The number of nitrogens with one attached hydrogen (secondary N) is 1. The number of aromatic nitrogens is 1. The summed E-state index contributed by atoms with van der Waals surface area (Å²) in [6.07, 6.45) is 0.601. The number of thiazole rings is 1. The Morgan fingerprint density at radius 3 is 2.74 bits per heavy atom. The minimum absolute atomic E-state index is 0.328. The molecular weight excluding hydrogens is 312 g/mol. The smallest absolute Gasteiger partial charge is 0.320 e. The number of aliphatic carboxylic acids is 1. The molecule has 0 aliphatic heterocycles. The van der Waals surface area contributed by atoms with Crippen LogP contribution in [0.2, 0.25) is 0 Å². The summed E-state index contributed by atoms with van der Waals surface area (Å²) in [6, 6.07) is 9.05. The van der Waals surface area contributed by atoms with Crippen LogP contribution in [-0.4, -0.2) is 22.1 Å². The van der Waals surface area contributed by atoms with Gasteiger partial charge in [-0.25, -0.2) is 4.98 Å². The molecule has 0 saturated carbocycles. The Bertz CT molecular complexity index is 613. The van der Waals surface area contributed by atoms with Gasteiger partial charge in [-0.2, -0.15) is 0 Å². The Morgan fingerprint density at radius 1 is 1.35 bits per heavy atom. The molecule has 2 aromatic rings. The van der Waals surface area contributed by atoms with Crippen molar-refractivity contribution < 1.29 is 14.6 Å². The monoisotopic (exact) mass is 334 g/mol. The molecule has 1 heterocycles. The molecule has 1 aromatic carbocycles. The molecule has 2 N–H and O–H groups in total. The lowest BCUT2D eigenvalue weighted by molar-refractivity contribution is -0.140. The molecule has 1 aromatic heterocycles. The maximum absolute atomic E-state index is 11.2. The fraction of sp³-hybridized carbons (Fsp3) is 0.412. The summed E-state index contributed by atoms with van der Waals surface area (Å²) < 4.78 is 5.66. The topological polar surface area (TPSA) is 71.5 Å². The second-order valence-corrected chi connectivity index (χ2v) is 6.68. The number of rotatable bonds is 9. The number of para-hydroxylation sites is 1. The maximum Gasteiger partial charge on any atom is 0.320 e. The SMILES string of the molecule is CC(C)C[C@@H](NCc1csc(COc2ccccc2)n1)C(=O)O. The van der Waals surface area contributed by atoms with Crippen molar-refractivity contribution in [2.45, 2.75) is 39.5 Å². The van der Waals surface area contributed by atoms with Crippen molar-refractivity contribution in [3.05, 3.63) is 46.4 Å². The lowest BCUT2D eigenvalue weighted by Gasteiger charge is -2.15. The van der Waals surface area contributed by atoms with Crippen molar-refractivity contribution in [1.82, 2.24) is 10.3 Å². The number of carboxylic acid groups (broad SMARTS) is 1. The zero-order valence-corrected chi connectivity index (χ0v) is 14.2. The highest BCUT2D eigenvalue weighted by Gasteiger charge is 2.18. The first-order chi connectivity index (χ1) is 11.0. The van der Waals surface area contributed by atoms with Crippen LogP contribution in [0.5, 0.6) is 5.75 Å². The normalized spacial score (nSPS) is 12.3. The van der Waals surface area contributed by atoms with E-state index in [2.05, 4.69) is 10.3 Å². The van der Waals surface area contributed by atoms with E-state index in [9.17, 15) is 9.90 Å². The largest absolute Gasteiger partial charge is 0.486 e. The number of carboxylic acids is 1. The molecule has 23 heavy (non-hydrogen) atoms. The molecule has 2 rings (SSSR count). The molecule has 0 bridgehead atoms. The first-order valence-corrected chi connectivity index (χ1v) is 8.50. The van der Waals surface area contributed by atoms with Crippen LogP contribution in [0.1, 0.15) is 31.0 Å². The number of ether oxygens (including phenoxy) is 1. The first-order valence-electron chi connectivity index (χ1n) is 7.62. The number of benzene rings is 1. The maximum atomic E-state index is 11.2. The van der Waals surface area contributed by atoms with Crippen molar-refractivity contribution in [3.63, 3.8) is 0 Å². The van der Waals surface area contributed by atoms with Crippen molar-refractivity contribution >= 4 is 17.3 Å². The fourth-order valence-corrected chi connectivity index (χ4v) is 2.83. The molecule has 0 spiro atoms. The Balaban J connectivity index is 1.83. The van der Waals surface area contributed by atoms with Gasteiger partial charge in [0.05, 0.1) is 5.69 Å². The number of carbonyl (C=O) groups is 1. The molecule has 0 radical (unpaired) electrons. The van der Waals surface area contributed by atoms with Gasteiger partial charge in [-0.15, -0.1) is 11.3 Å². The average Bonchev–Trinajstić information content (AvgIpc) is 2.98. The van der Waals surface area contributed by atoms with Crippen LogP contribution in [-0.2, 0) is 17.9 Å². The summed E-state index contributed by atoms with van der Waals surface area (Å²) in [4.78, 5) is 15.7. The van der Waals surface area contributed by atoms with Crippen LogP contribution in [0.3, 0.4) is 0 Å². The highest BCUT2D eigenvalue weighted by molar-refractivity contribution is 7.09. The van der Waals surface area contributed by atoms with Crippen LogP contribution in [0, 0.1) is 5.92 Å². The summed E-state index contributed by atoms with van der Waals surface area (Å²) in [6.45, 7) is 4.90. The third-order valence-corrected chi connectivity index (χ3v) is 4.11. The molecule has 5 nitrogen and oxygen atoms in total. The van der Waals surface area contributed by atoms with E-state index in [-0.39, 0.29) is 0 Å². The Labute approximate surface area is 140 Å². The highest BCUT2D eigenvalue weighted by atomic mass is 32.1. The summed E-state index contributed by atoms with van der Waals surface area (Å²) in [5, 5.41) is 15.1. The van der Waals surface area contributed by atoms with Crippen LogP contribution in [0.15, 0.2) is 35.7 Å². The van der Waals surface area contributed by atoms with E-state index in [1.54, 1.807) is 0 Å². The molecule has 0 fully saturated rings. The van der Waals surface area contributed by atoms with E-state index >= 15 is 0 Å². The van der Waals surface area contributed by atoms with Gasteiger partial charge in [0.2, 0.25) is 0 Å². The summed E-state index contributed by atoms with van der Waals surface area (Å²) in [5.74, 6) is 0.320. The van der Waals surface area contributed by atoms with Crippen LogP contribution >= 0.6 is 11.3 Å². The summed E-state index contributed by atoms with van der Waals surface area (Å²) >= 11 is 1.52. The number of hydrogen-bond acceptors (Lipinski definition) is 5. The van der Waals surface area contributed by atoms with Crippen LogP contribution < -0.4 is 10.1 Å². The highest BCUT2D eigenvalue weighted by Crippen LogP contribution is 2.15. The van der Waals surface area contributed by atoms with E-state index < -0.39 is 12.0 Å². The van der Waals surface area contributed by atoms with Crippen molar-refractivity contribution in [2.75, 3.05) is 0 Å². The van der Waals surface area contributed by atoms with Gasteiger partial charge in [-0.3, -0.25) is 10.1 Å². The Hall–Kier alpha value is -1.92. The summed E-state index contributed by atoms with van der Waals surface area (Å²) in [5.41, 5.74) is 0.844. The molecule has 124 valence electrons. The third kappa shape index (κ3) is 6.00. The van der Waals surface area contributed by atoms with Gasteiger partial charge in [0.1, 0.15) is 23.4 Å². The van der Waals surface area contributed by atoms with Gasteiger partial charge < -0.3 is 9.84 Å². The minimum Gasteiger partial charge on any atom is -0.486 e. The fourth-order valence-electron chi connectivity index (χ4n) is 2.13. The lowest BCUT2D eigenvalue weighted by Crippen LogP contribution is -2.37. The van der Waals surface area contributed by atoms with Gasteiger partial charge in [-0.05, 0) is 24.5 Å². The molecule has 0 amide bonds. The second-order valence-electron chi connectivity index (χ2n) is 5.74. The molecule has 1 atom stereocenters. The van der Waals surface area contributed by atoms with E-state index in [1.807, 2.05) is 49.6 Å². The third-order valence-electron chi connectivity index (χ3n) is 3.24. The minimum atomic E-state index is -0.818. The van der Waals surface area contributed by atoms with E-state index in [0.717, 1.165) is 16.5 Å². The molecule has 0 unspecified atom stereocenters. The predicted molar refractivity (Wildman–Crippen MR) is 90.6 cm³/mol. The van der Waals surface area contributed by atoms with E-state index in [1.165, 1.54) is 11.3 Å². The van der Waals surface area contributed by atoms with Crippen molar-refractivity contribution in [1.29, 1.82) is 0 Å². The van der Waals surface area contributed by atoms with Gasteiger partial charge >= 0.3 is 5.97 Å². The van der Waals surface area contributed by atoms with Crippen LogP contribution in [0.4, 0.5) is 0 Å². The van der Waals surface area contributed by atoms with Gasteiger partial charge in [0, 0.05) is 11.9 Å². The van der Waals surface area contributed by atoms with E-state index in [4.69, 9.17) is 4.74 Å². The van der Waals surface area contributed by atoms with E-state index in [0.29, 0.717) is 25.5 Å².